The number of hydrogen-bond acceptors (Lipinski definition) is 0. The van der Waals surface area contributed by atoms with Crippen LogP contribution in [0.2, 0.25) is 13.1 Å². The van der Waals surface area contributed by atoms with Crippen LogP contribution in [-0.2, 0) is 37.0 Å². The number of allylic oxidation sites excluding steroid dienone is 4. The van der Waals surface area contributed by atoms with E-state index in [9.17, 15) is 0 Å². The number of halogens is 2. The van der Waals surface area contributed by atoms with Gasteiger partial charge in [-0.05, 0) is 17.3 Å². The van der Waals surface area contributed by atoms with E-state index < -0.39 is 0 Å². The SMILES string of the molecule is CC(C)(C)c1ccc2c(c1)[cH-]c1c(C3=CC=CC3)c(C(C)(C)C)ccc12.C[Si]C.[Cl-].[Cl-].[Zr+3]. The zero-order valence-electron chi connectivity index (χ0n) is 20.7. The molecule has 3 aromatic rings. The van der Waals surface area contributed by atoms with Gasteiger partial charge in [0.2, 0.25) is 0 Å². The number of benzene rings is 2. The molecule has 1 aliphatic carbocycles. The Morgan fingerprint density at radius 3 is 1.94 bits per heavy atom. The van der Waals surface area contributed by atoms with Crippen molar-refractivity contribution in [2.24, 2.45) is 0 Å². The molecule has 0 aliphatic heterocycles. The molecule has 0 nitrogen and oxygen atoms in total. The summed E-state index contributed by atoms with van der Waals surface area (Å²) in [6, 6.07) is 14.1. The van der Waals surface area contributed by atoms with Crippen LogP contribution in [-0.4, -0.2) is 9.52 Å². The number of fused-ring (bicyclic) bond motifs is 3. The van der Waals surface area contributed by atoms with E-state index in [1.807, 2.05) is 0 Å². The molecule has 32 heavy (non-hydrogen) atoms. The maximum Gasteiger partial charge on any atom is 3.00 e. The van der Waals surface area contributed by atoms with Crippen molar-refractivity contribution in [2.45, 2.75) is 71.9 Å². The minimum atomic E-state index is 0. The third-order valence-electron chi connectivity index (χ3n) is 5.65. The molecule has 0 saturated heterocycles. The zero-order valence-corrected chi connectivity index (χ0v) is 25.6. The van der Waals surface area contributed by atoms with Crippen molar-refractivity contribution in [1.29, 1.82) is 0 Å². The Bertz CT molecular complexity index is 1090. The van der Waals surface area contributed by atoms with E-state index in [4.69, 9.17) is 0 Å². The fourth-order valence-corrected chi connectivity index (χ4v) is 4.16. The second-order valence-electron chi connectivity index (χ2n) is 10.2. The minimum Gasteiger partial charge on any atom is -1.00 e. The molecule has 4 rings (SSSR count). The van der Waals surface area contributed by atoms with E-state index in [-0.39, 0.29) is 61.8 Å². The summed E-state index contributed by atoms with van der Waals surface area (Å²) >= 11 is 0. The molecular weight excluding hydrogens is 527 g/mol. The molecule has 1 aliphatic rings. The van der Waals surface area contributed by atoms with Crippen LogP contribution in [0.25, 0.3) is 27.1 Å². The van der Waals surface area contributed by atoms with Crippen LogP contribution in [0.15, 0.2) is 54.6 Å². The topological polar surface area (TPSA) is 0 Å². The van der Waals surface area contributed by atoms with E-state index in [0.29, 0.717) is 0 Å². The molecule has 0 amide bonds. The molecule has 169 valence electrons. The number of hydrogen-bond donors (Lipinski definition) is 0. The van der Waals surface area contributed by atoms with Gasteiger partial charge in [0.1, 0.15) is 0 Å². The molecular formula is C28H35Cl2SiZr. The number of rotatable bonds is 1. The van der Waals surface area contributed by atoms with Crippen LogP contribution in [0.3, 0.4) is 0 Å². The van der Waals surface area contributed by atoms with Gasteiger partial charge in [-0.25, -0.2) is 0 Å². The summed E-state index contributed by atoms with van der Waals surface area (Å²) in [7, 11) is 1.08. The second-order valence-corrected chi connectivity index (χ2v) is 11.2. The van der Waals surface area contributed by atoms with Crippen molar-refractivity contribution >= 4 is 36.6 Å². The van der Waals surface area contributed by atoms with Gasteiger partial charge in [-0.3, -0.25) is 0 Å². The fourth-order valence-electron chi connectivity index (χ4n) is 4.16. The maximum atomic E-state index is 2.42. The summed E-state index contributed by atoms with van der Waals surface area (Å²) in [6.07, 6.45) is 7.79. The molecule has 0 fully saturated rings. The van der Waals surface area contributed by atoms with Gasteiger partial charge in [-0.15, -0.1) is 33.7 Å². The van der Waals surface area contributed by atoms with Gasteiger partial charge in [0.25, 0.3) is 0 Å². The normalized spacial score (nSPS) is 12.9. The Balaban J connectivity index is 0.00000152. The summed E-state index contributed by atoms with van der Waals surface area (Å²) in [4.78, 5) is 0. The predicted octanol–water partition coefficient (Wildman–Crippen LogP) is 2.44. The maximum absolute atomic E-state index is 2.42. The average molecular weight is 562 g/mol. The molecule has 3 aromatic carbocycles. The fraction of sp³-hybridized carbons (Fsp3) is 0.393. The molecule has 4 heteroatoms. The van der Waals surface area contributed by atoms with Gasteiger partial charge in [0.15, 0.2) is 0 Å². The Labute approximate surface area is 229 Å². The third-order valence-corrected chi connectivity index (χ3v) is 5.65. The Morgan fingerprint density at radius 2 is 1.44 bits per heavy atom. The first-order valence-electron chi connectivity index (χ1n) is 10.7. The van der Waals surface area contributed by atoms with Crippen LogP contribution >= 0.6 is 0 Å². The minimum absolute atomic E-state index is 0. The third kappa shape index (κ3) is 6.53. The Kier molecular flexibility index (Phi) is 12.1. The van der Waals surface area contributed by atoms with Gasteiger partial charge in [0.05, 0.1) is 0 Å². The summed E-state index contributed by atoms with van der Waals surface area (Å²) < 4.78 is 0. The monoisotopic (exact) mass is 559 g/mol. The average Bonchev–Trinajstić information content (AvgIpc) is 3.27. The summed E-state index contributed by atoms with van der Waals surface area (Å²) in [5.74, 6) is 0. The van der Waals surface area contributed by atoms with E-state index in [1.165, 1.54) is 43.8 Å². The van der Waals surface area contributed by atoms with Crippen LogP contribution in [0.5, 0.6) is 0 Å². The molecule has 0 saturated carbocycles. The van der Waals surface area contributed by atoms with Gasteiger partial charge >= 0.3 is 26.2 Å². The van der Waals surface area contributed by atoms with Crippen molar-refractivity contribution in [3.63, 3.8) is 0 Å². The first kappa shape index (κ1) is 31.5. The first-order chi connectivity index (χ1) is 13.6. The Hall–Kier alpha value is -0.530. The van der Waals surface area contributed by atoms with Crippen LogP contribution in [0, 0.1) is 0 Å². The van der Waals surface area contributed by atoms with Crippen LogP contribution in [0.4, 0.5) is 0 Å². The van der Waals surface area contributed by atoms with Gasteiger partial charge in [0, 0.05) is 9.52 Å². The predicted molar refractivity (Wildman–Crippen MR) is 134 cm³/mol. The molecule has 0 aromatic heterocycles. The van der Waals surface area contributed by atoms with Crippen molar-refractivity contribution < 1.29 is 51.0 Å². The summed E-state index contributed by atoms with van der Waals surface area (Å²) in [5, 5.41) is 5.54. The molecule has 0 N–H and O–H groups in total. The largest absolute Gasteiger partial charge is 3.00 e. The van der Waals surface area contributed by atoms with E-state index in [0.717, 1.165) is 15.9 Å². The molecule has 3 radical (unpaired) electrons. The van der Waals surface area contributed by atoms with Crippen molar-refractivity contribution in [1.82, 2.24) is 0 Å². The Morgan fingerprint density at radius 1 is 0.844 bits per heavy atom. The van der Waals surface area contributed by atoms with Crippen molar-refractivity contribution in [3.8, 4) is 0 Å². The first-order valence-corrected chi connectivity index (χ1v) is 12.7. The van der Waals surface area contributed by atoms with Gasteiger partial charge in [-0.1, -0.05) is 119 Å². The summed E-state index contributed by atoms with van der Waals surface area (Å²) in [5.41, 5.74) is 6.06. The van der Waals surface area contributed by atoms with E-state index in [1.54, 1.807) is 0 Å². The smallest absolute Gasteiger partial charge is 1.00 e. The standard InChI is InChI=1S/C26H29.C2H6Si.2ClH.Zr/c1-25(2,3)19-11-12-20-18(15-19)16-22-21(20)13-14-23(26(4,5)6)24(22)17-9-7-8-10-17;1-3-2;;;/h7-9,11-16H,10H2,1-6H3;1-2H3;2*1H;/q-1;;;;+3/p-2. The molecule has 0 atom stereocenters. The van der Waals surface area contributed by atoms with Crippen LogP contribution < -0.4 is 24.8 Å². The van der Waals surface area contributed by atoms with Gasteiger partial charge in [-0.2, -0.15) is 0 Å². The van der Waals surface area contributed by atoms with Gasteiger partial charge < -0.3 is 24.8 Å². The van der Waals surface area contributed by atoms with E-state index >= 15 is 0 Å². The zero-order chi connectivity index (χ0) is 21.4. The molecule has 0 heterocycles. The van der Waals surface area contributed by atoms with Crippen LogP contribution in [0.1, 0.15) is 64.7 Å². The second kappa shape index (κ2) is 12.3. The van der Waals surface area contributed by atoms with Crippen molar-refractivity contribution in [2.75, 3.05) is 0 Å². The summed E-state index contributed by atoms with van der Waals surface area (Å²) in [6.45, 7) is 18.1. The molecule has 0 bridgehead atoms. The quantitative estimate of drug-likeness (QED) is 0.316. The van der Waals surface area contributed by atoms with E-state index in [2.05, 4.69) is 109 Å². The molecule has 0 unspecified atom stereocenters. The van der Waals surface area contributed by atoms with Crippen molar-refractivity contribution in [3.05, 3.63) is 71.3 Å². The molecule has 0 spiro atoms.